The smallest absolute Gasteiger partial charge is 0.187 e. The zero-order chi connectivity index (χ0) is 59.4. The fraction of sp³-hybridized carbons (Fsp3) is 1.00. The van der Waals surface area contributed by atoms with Crippen LogP contribution in [0.2, 0.25) is 0 Å². The van der Waals surface area contributed by atoms with Crippen LogP contribution in [0.25, 0.3) is 0 Å². The lowest BCUT2D eigenvalue weighted by Gasteiger charge is -2.61. The molecular weight excluding hydrogens is 1100 g/mol. The van der Waals surface area contributed by atoms with E-state index in [1.54, 1.807) is 0 Å². The Bertz CT molecular complexity index is 2140. The van der Waals surface area contributed by atoms with E-state index in [1.165, 1.54) is 0 Å². The van der Waals surface area contributed by atoms with Crippen molar-refractivity contribution in [1.29, 1.82) is 0 Å². The third kappa shape index (κ3) is 11.2. The van der Waals surface area contributed by atoms with Crippen LogP contribution < -0.4 is 0 Å². The second-order valence-electron chi connectivity index (χ2n) is 26.7. The van der Waals surface area contributed by atoms with Crippen LogP contribution in [0, 0.1) is 52.3 Å². The van der Waals surface area contributed by atoms with E-state index in [0.717, 1.165) is 58.0 Å². The van der Waals surface area contributed by atoms with E-state index in [9.17, 15) is 76.6 Å². The quantitative estimate of drug-likeness (QED) is 0.0730. The maximum Gasteiger partial charge on any atom is 0.187 e. The molecule has 7 saturated heterocycles. The molecule has 0 aromatic carbocycles. The molecule has 0 aromatic rings. The Kier molecular flexibility index (Phi) is 19.1. The summed E-state index contributed by atoms with van der Waals surface area (Å²) in [5.41, 5.74) is 0.221. The Labute approximate surface area is 481 Å². The summed E-state index contributed by atoms with van der Waals surface area (Å²) < 4.78 is 73.4. The normalized spacial score (nSPS) is 57.4. The van der Waals surface area contributed by atoms with E-state index in [0.29, 0.717) is 54.3 Å². The topological polar surface area (TPSA) is 414 Å². The molecule has 0 amide bonds. The van der Waals surface area contributed by atoms with E-state index in [4.69, 9.17) is 56.8 Å². The lowest BCUT2D eigenvalue weighted by molar-refractivity contribution is -0.409. The van der Waals surface area contributed by atoms with Crippen molar-refractivity contribution >= 4 is 0 Å². The Hall–Kier alpha value is -1.08. The van der Waals surface area contributed by atoms with Gasteiger partial charge in [0.15, 0.2) is 37.2 Å². The molecule has 27 nitrogen and oxygen atoms in total. The van der Waals surface area contributed by atoms with Crippen molar-refractivity contribution in [2.75, 3.05) is 39.6 Å². The molecular formula is C56H92O27. The second-order valence-corrected chi connectivity index (χ2v) is 26.7. The Morgan fingerprint density at radius 1 is 0.446 bits per heavy atom. The zero-order valence-corrected chi connectivity index (χ0v) is 47.5. The number of aliphatic hydroxyl groups excluding tert-OH is 15. The van der Waals surface area contributed by atoms with Crippen molar-refractivity contribution in [1.82, 2.24) is 0 Å². The van der Waals surface area contributed by atoms with Gasteiger partial charge in [0.2, 0.25) is 0 Å². The number of hydrogen-bond acceptors (Lipinski definition) is 27. The summed E-state index contributed by atoms with van der Waals surface area (Å²) >= 11 is 0. The van der Waals surface area contributed by atoms with Gasteiger partial charge in [-0.25, -0.2) is 0 Å². The average molecular weight is 1200 g/mol. The highest BCUT2D eigenvalue weighted by Crippen LogP contribution is 2.71. The number of hydrogen-bond donors (Lipinski definition) is 15. The van der Waals surface area contributed by atoms with Crippen molar-refractivity contribution in [3.8, 4) is 0 Å². The van der Waals surface area contributed by atoms with E-state index in [1.807, 2.05) is 0 Å². The highest BCUT2D eigenvalue weighted by molar-refractivity contribution is 5.16. The minimum absolute atomic E-state index is 0.0500. The van der Waals surface area contributed by atoms with Gasteiger partial charge in [-0.3, -0.25) is 0 Å². The Balaban J connectivity index is 0.784. The van der Waals surface area contributed by atoms with Crippen molar-refractivity contribution in [2.45, 2.75) is 257 Å². The first kappa shape index (κ1) is 63.5. The van der Waals surface area contributed by atoms with Gasteiger partial charge < -0.3 is 133 Å². The van der Waals surface area contributed by atoms with E-state index < -0.39 is 186 Å². The molecule has 7 aliphatic heterocycles. The molecule has 36 atom stereocenters. The van der Waals surface area contributed by atoms with Gasteiger partial charge in [-0.2, -0.15) is 0 Å². The predicted molar refractivity (Wildman–Crippen MR) is 275 cm³/mol. The fourth-order valence-corrected chi connectivity index (χ4v) is 17.4. The standard InChI is InChI=1S/C56H92O27/c1-21-7-12-56(73-19-21)22(2)34-29(83-56)14-27-25-6-5-23-13-24(8-10-54(23,3)26(25)9-11-55(27,34)4)74-50-43(70)40(67)45(33(18-60)78-50)79-53-48(47(38(65)32(17-59)77-53)81-49-41(68)35(62)28(61)20-72-49)82-52-44(71)46(37(64)31(16-58)76-52)80-51-42(69)39(66)36(63)30(15-57)75-51/h21-53,57-71H,5-20H2,1-4H3/t21?,22-,23-,24-,25+,26?,27?,28?,29-,30?,31?,32?,33?,34-,35?,36?,37?,38?,39?,40?,41?,42?,43?,44?,45?,46?,47?,48?,49?,50?,51?,52?,53?,54-,55-,56+/m0/s1. The van der Waals surface area contributed by atoms with Crippen molar-refractivity contribution in [3.63, 3.8) is 0 Å². The molecule has 4 aliphatic carbocycles. The molecule has 83 heavy (non-hydrogen) atoms. The SMILES string of the molecule is CC1CC[C@@]2(OC1)O[C@H]1CC3[C@@H]4CC[C@H]5C[C@@H](OC6OC(CO)C(OC7OC(CO)C(O)C(OC8OCC(O)C(O)C8O)C7OC7OC(CO)C(O)C(OC8OC(CO)C(O)C(O)C8O)C7O)C(O)C6O)CC[C@]5(C)C4CC[C@]3(C)[C@H]1[C@@H]2C. The second kappa shape index (κ2) is 25.0. The number of fused-ring (bicyclic) bond motifs is 7. The van der Waals surface area contributed by atoms with Crippen LogP contribution in [0.4, 0.5) is 0 Å². The Morgan fingerprint density at radius 2 is 1.01 bits per heavy atom. The first-order valence-corrected chi connectivity index (χ1v) is 30.3. The molecule has 478 valence electrons. The third-order valence-corrected chi connectivity index (χ3v) is 22.1. The van der Waals surface area contributed by atoms with Gasteiger partial charge in [0, 0.05) is 12.3 Å². The molecule has 0 aromatic heterocycles. The van der Waals surface area contributed by atoms with Gasteiger partial charge in [0.1, 0.15) is 116 Å². The third-order valence-electron chi connectivity index (χ3n) is 22.1. The molecule has 1 spiro atoms. The lowest BCUT2D eigenvalue weighted by atomic mass is 9.44. The van der Waals surface area contributed by atoms with Gasteiger partial charge in [-0.1, -0.05) is 27.7 Å². The van der Waals surface area contributed by atoms with Crippen LogP contribution in [0.15, 0.2) is 0 Å². The molecule has 0 radical (unpaired) electrons. The molecule has 4 saturated carbocycles. The van der Waals surface area contributed by atoms with E-state index in [-0.39, 0.29) is 23.0 Å². The summed E-state index contributed by atoms with van der Waals surface area (Å²) in [6, 6.07) is 0. The van der Waals surface area contributed by atoms with Gasteiger partial charge >= 0.3 is 0 Å². The summed E-state index contributed by atoms with van der Waals surface area (Å²) in [5.74, 6) is 2.83. The maximum absolute atomic E-state index is 12.0. The largest absolute Gasteiger partial charge is 0.394 e. The molecule has 11 aliphatic rings. The molecule has 27 heteroatoms. The maximum atomic E-state index is 12.0. The van der Waals surface area contributed by atoms with Gasteiger partial charge in [-0.15, -0.1) is 0 Å². The molecule has 11 fully saturated rings. The summed E-state index contributed by atoms with van der Waals surface area (Å²) in [6.07, 6.45) is -34.5. The van der Waals surface area contributed by atoms with Gasteiger partial charge in [0.05, 0.1) is 51.8 Å². The van der Waals surface area contributed by atoms with Crippen molar-refractivity contribution < 1.29 is 133 Å². The first-order chi connectivity index (χ1) is 39.5. The molecule has 7 heterocycles. The van der Waals surface area contributed by atoms with Crippen LogP contribution >= 0.6 is 0 Å². The predicted octanol–water partition coefficient (Wildman–Crippen LogP) is -4.45. The number of ether oxygens (including phenoxy) is 12. The average Bonchev–Trinajstić information content (AvgIpc) is 4.01. The van der Waals surface area contributed by atoms with Crippen LogP contribution in [-0.4, -0.2) is 282 Å². The van der Waals surface area contributed by atoms with Crippen LogP contribution in [0.5, 0.6) is 0 Å². The number of aliphatic hydroxyl groups is 15. The number of rotatable bonds is 14. The summed E-state index contributed by atoms with van der Waals surface area (Å²) in [6.45, 7) is 6.14. The monoisotopic (exact) mass is 1200 g/mol. The minimum atomic E-state index is -2.18. The Morgan fingerprint density at radius 3 is 1.69 bits per heavy atom. The summed E-state index contributed by atoms with van der Waals surface area (Å²) in [7, 11) is 0. The molecule has 0 bridgehead atoms. The summed E-state index contributed by atoms with van der Waals surface area (Å²) in [4.78, 5) is 0. The first-order valence-electron chi connectivity index (χ1n) is 30.3. The fourth-order valence-electron chi connectivity index (χ4n) is 17.4. The van der Waals surface area contributed by atoms with Crippen LogP contribution in [-0.2, 0) is 56.8 Å². The minimum Gasteiger partial charge on any atom is -0.394 e. The van der Waals surface area contributed by atoms with Crippen LogP contribution in [0.3, 0.4) is 0 Å². The van der Waals surface area contributed by atoms with Crippen molar-refractivity contribution in [3.05, 3.63) is 0 Å². The van der Waals surface area contributed by atoms with Crippen molar-refractivity contribution in [2.24, 2.45) is 52.3 Å². The van der Waals surface area contributed by atoms with Gasteiger partial charge in [-0.05, 0) is 104 Å². The van der Waals surface area contributed by atoms with Gasteiger partial charge in [0.25, 0.3) is 0 Å². The molecule has 27 unspecified atom stereocenters. The summed E-state index contributed by atoms with van der Waals surface area (Å²) in [5, 5.41) is 164. The van der Waals surface area contributed by atoms with E-state index in [2.05, 4.69) is 27.7 Å². The lowest BCUT2D eigenvalue weighted by Crippen LogP contribution is -2.69. The molecule has 11 rings (SSSR count). The zero-order valence-electron chi connectivity index (χ0n) is 47.5. The highest BCUT2D eigenvalue weighted by Gasteiger charge is 2.70. The highest BCUT2D eigenvalue weighted by atomic mass is 16.8. The molecule has 15 N–H and O–H groups in total. The van der Waals surface area contributed by atoms with Crippen LogP contribution in [0.1, 0.15) is 91.9 Å². The van der Waals surface area contributed by atoms with E-state index >= 15 is 0 Å².